The zero-order valence-corrected chi connectivity index (χ0v) is 13.4. The molecule has 0 saturated heterocycles. The fourth-order valence-electron chi connectivity index (χ4n) is 2.12. The third-order valence-electron chi connectivity index (χ3n) is 3.14. The standard InChI is InChI=1S/C15H21N3O2S/c1-4-5-10(2)16-14(19)9-21-15-17-12-7-6-11(20-3)8-13(12)18-15/h6-8,10H,4-5,9H2,1-3H3,(H,16,19)(H,17,18). The van der Waals surface area contributed by atoms with Crippen LogP contribution >= 0.6 is 11.8 Å². The smallest absolute Gasteiger partial charge is 0.230 e. The third-order valence-corrected chi connectivity index (χ3v) is 4.01. The van der Waals surface area contributed by atoms with Crippen molar-refractivity contribution in [1.82, 2.24) is 15.3 Å². The zero-order valence-electron chi connectivity index (χ0n) is 12.6. The molecule has 5 nitrogen and oxygen atoms in total. The largest absolute Gasteiger partial charge is 0.497 e. The van der Waals surface area contributed by atoms with Gasteiger partial charge in [-0.2, -0.15) is 0 Å². The lowest BCUT2D eigenvalue weighted by atomic mass is 10.2. The Morgan fingerprint density at radius 2 is 2.33 bits per heavy atom. The van der Waals surface area contributed by atoms with E-state index >= 15 is 0 Å². The minimum atomic E-state index is 0.0407. The molecular weight excluding hydrogens is 286 g/mol. The first-order valence-electron chi connectivity index (χ1n) is 7.08. The van der Waals surface area contributed by atoms with Gasteiger partial charge >= 0.3 is 0 Å². The molecule has 0 bridgehead atoms. The van der Waals surface area contributed by atoms with E-state index in [9.17, 15) is 4.79 Å². The molecule has 0 spiro atoms. The van der Waals surface area contributed by atoms with Crippen LogP contribution in [-0.2, 0) is 4.79 Å². The number of hydrogen-bond donors (Lipinski definition) is 2. The first-order valence-corrected chi connectivity index (χ1v) is 8.07. The average molecular weight is 307 g/mol. The average Bonchev–Trinajstić information content (AvgIpc) is 2.87. The van der Waals surface area contributed by atoms with Crippen molar-refractivity contribution in [1.29, 1.82) is 0 Å². The first kappa shape index (κ1) is 15.7. The summed E-state index contributed by atoms with van der Waals surface area (Å²) in [6.07, 6.45) is 2.07. The maximum atomic E-state index is 11.8. The highest BCUT2D eigenvalue weighted by atomic mass is 32.2. The minimum absolute atomic E-state index is 0.0407. The number of carbonyl (C=O) groups is 1. The normalized spacial score (nSPS) is 12.3. The second-order valence-electron chi connectivity index (χ2n) is 4.97. The van der Waals surface area contributed by atoms with Crippen molar-refractivity contribution in [2.45, 2.75) is 37.9 Å². The fourth-order valence-corrected chi connectivity index (χ4v) is 2.81. The van der Waals surface area contributed by atoms with Gasteiger partial charge in [0.15, 0.2) is 5.16 Å². The number of fused-ring (bicyclic) bond motifs is 1. The number of aromatic nitrogens is 2. The molecule has 0 aliphatic heterocycles. The van der Waals surface area contributed by atoms with Crippen molar-refractivity contribution in [3.8, 4) is 5.75 Å². The van der Waals surface area contributed by atoms with Gasteiger partial charge in [-0.05, 0) is 25.5 Å². The van der Waals surface area contributed by atoms with Gasteiger partial charge in [0.1, 0.15) is 5.75 Å². The fraction of sp³-hybridized carbons (Fsp3) is 0.467. The van der Waals surface area contributed by atoms with Gasteiger partial charge in [-0.1, -0.05) is 25.1 Å². The summed E-state index contributed by atoms with van der Waals surface area (Å²) in [5, 5.41) is 3.73. The number of methoxy groups -OCH3 is 1. The molecule has 1 aromatic carbocycles. The van der Waals surface area contributed by atoms with E-state index in [1.54, 1.807) is 7.11 Å². The van der Waals surface area contributed by atoms with Gasteiger partial charge in [-0.15, -0.1) is 0 Å². The predicted octanol–water partition coefficient (Wildman–Crippen LogP) is 2.97. The van der Waals surface area contributed by atoms with Gasteiger partial charge in [0.25, 0.3) is 0 Å². The maximum absolute atomic E-state index is 11.8. The number of thioether (sulfide) groups is 1. The molecule has 1 atom stereocenters. The van der Waals surface area contributed by atoms with Crippen LogP contribution in [0.5, 0.6) is 5.75 Å². The van der Waals surface area contributed by atoms with Crippen LogP contribution in [0.3, 0.4) is 0 Å². The number of aromatic amines is 1. The summed E-state index contributed by atoms with van der Waals surface area (Å²) in [4.78, 5) is 19.5. The molecule has 0 fully saturated rings. The molecule has 1 aromatic heterocycles. The number of imidazole rings is 1. The SMILES string of the molecule is CCCC(C)NC(=O)CSc1nc2ccc(OC)cc2[nH]1. The first-order chi connectivity index (χ1) is 10.1. The topological polar surface area (TPSA) is 67.0 Å². The summed E-state index contributed by atoms with van der Waals surface area (Å²) >= 11 is 1.41. The summed E-state index contributed by atoms with van der Waals surface area (Å²) in [5.41, 5.74) is 1.79. The number of nitrogens with one attached hydrogen (secondary N) is 2. The molecular formula is C15H21N3O2S. The van der Waals surface area contributed by atoms with Crippen LogP contribution < -0.4 is 10.1 Å². The molecule has 1 amide bonds. The van der Waals surface area contributed by atoms with Crippen molar-refractivity contribution in [2.75, 3.05) is 12.9 Å². The van der Waals surface area contributed by atoms with Crippen molar-refractivity contribution >= 4 is 28.7 Å². The Kier molecular flexibility index (Phi) is 5.50. The van der Waals surface area contributed by atoms with Crippen LogP contribution in [0.25, 0.3) is 11.0 Å². The molecule has 1 heterocycles. The van der Waals surface area contributed by atoms with E-state index in [1.807, 2.05) is 25.1 Å². The number of rotatable bonds is 7. The molecule has 2 N–H and O–H groups in total. The van der Waals surface area contributed by atoms with E-state index in [4.69, 9.17) is 4.74 Å². The van der Waals surface area contributed by atoms with Gasteiger partial charge in [0.05, 0.1) is 23.9 Å². The number of nitrogens with zero attached hydrogens (tertiary/aromatic N) is 1. The summed E-state index contributed by atoms with van der Waals surface area (Å²) in [6.45, 7) is 4.14. The van der Waals surface area contributed by atoms with E-state index in [-0.39, 0.29) is 11.9 Å². The van der Waals surface area contributed by atoms with Crippen LogP contribution in [0, 0.1) is 0 Å². The second-order valence-corrected chi connectivity index (χ2v) is 5.93. The number of carbonyl (C=O) groups excluding carboxylic acids is 1. The predicted molar refractivity (Wildman–Crippen MR) is 85.9 cm³/mol. The zero-order chi connectivity index (χ0) is 15.2. The summed E-state index contributed by atoms with van der Waals surface area (Å²) in [7, 11) is 1.63. The minimum Gasteiger partial charge on any atom is -0.497 e. The maximum Gasteiger partial charge on any atom is 0.230 e. The van der Waals surface area contributed by atoms with Gasteiger partial charge in [-0.3, -0.25) is 4.79 Å². The quantitative estimate of drug-likeness (QED) is 0.772. The van der Waals surface area contributed by atoms with Crippen LogP contribution in [0.15, 0.2) is 23.4 Å². The van der Waals surface area contributed by atoms with Crippen molar-refractivity contribution in [3.05, 3.63) is 18.2 Å². The molecule has 0 saturated carbocycles. The lowest BCUT2D eigenvalue weighted by Gasteiger charge is -2.11. The number of hydrogen-bond acceptors (Lipinski definition) is 4. The Labute approximate surface area is 128 Å². The highest BCUT2D eigenvalue weighted by molar-refractivity contribution is 7.99. The summed E-state index contributed by atoms with van der Waals surface area (Å²) in [5.74, 6) is 1.19. The Morgan fingerprint density at radius 3 is 3.05 bits per heavy atom. The van der Waals surface area contributed by atoms with Gasteiger partial charge < -0.3 is 15.0 Å². The Hall–Kier alpha value is -1.69. The van der Waals surface area contributed by atoms with Crippen molar-refractivity contribution in [3.63, 3.8) is 0 Å². The second kappa shape index (κ2) is 7.36. The lowest BCUT2D eigenvalue weighted by molar-refractivity contribution is -0.119. The molecule has 1 unspecified atom stereocenters. The van der Waals surface area contributed by atoms with Crippen molar-refractivity contribution < 1.29 is 9.53 Å². The number of benzene rings is 1. The lowest BCUT2D eigenvalue weighted by Crippen LogP contribution is -2.33. The van der Waals surface area contributed by atoms with Gasteiger partial charge in [-0.25, -0.2) is 4.98 Å². The van der Waals surface area contributed by atoms with Crippen LogP contribution in [0.4, 0.5) is 0 Å². The van der Waals surface area contributed by atoms with Crippen molar-refractivity contribution in [2.24, 2.45) is 0 Å². The number of ether oxygens (including phenoxy) is 1. The molecule has 21 heavy (non-hydrogen) atoms. The molecule has 114 valence electrons. The molecule has 2 rings (SSSR count). The van der Waals surface area contributed by atoms with E-state index in [1.165, 1.54) is 11.8 Å². The van der Waals surface area contributed by atoms with E-state index in [0.717, 1.165) is 34.8 Å². The molecule has 0 aliphatic rings. The summed E-state index contributed by atoms with van der Waals surface area (Å²) < 4.78 is 5.18. The van der Waals surface area contributed by atoms with E-state index in [2.05, 4.69) is 22.2 Å². The number of H-pyrrole nitrogens is 1. The van der Waals surface area contributed by atoms with Gasteiger partial charge in [0.2, 0.25) is 5.91 Å². The van der Waals surface area contributed by atoms with Crippen LogP contribution in [0.2, 0.25) is 0 Å². The van der Waals surface area contributed by atoms with Crippen LogP contribution in [-0.4, -0.2) is 34.8 Å². The molecule has 6 heteroatoms. The van der Waals surface area contributed by atoms with Gasteiger partial charge in [0, 0.05) is 12.1 Å². The third kappa shape index (κ3) is 4.39. The number of amides is 1. The highest BCUT2D eigenvalue weighted by Gasteiger charge is 2.09. The molecule has 0 radical (unpaired) electrons. The molecule has 2 aromatic rings. The van der Waals surface area contributed by atoms with E-state index in [0.29, 0.717) is 5.75 Å². The Bertz CT molecular complexity index is 612. The Balaban J connectivity index is 1.92. The monoisotopic (exact) mass is 307 g/mol. The van der Waals surface area contributed by atoms with Crippen LogP contribution in [0.1, 0.15) is 26.7 Å². The van der Waals surface area contributed by atoms with E-state index < -0.39 is 0 Å². The highest BCUT2D eigenvalue weighted by Crippen LogP contribution is 2.22. The molecule has 0 aliphatic carbocycles. The summed E-state index contributed by atoms with van der Waals surface area (Å²) in [6, 6.07) is 5.90. The Morgan fingerprint density at radius 1 is 1.52 bits per heavy atom.